The summed E-state index contributed by atoms with van der Waals surface area (Å²) in [5, 5.41) is 10.5. The predicted octanol–water partition coefficient (Wildman–Crippen LogP) is 2.51. The van der Waals surface area contributed by atoms with Crippen LogP contribution in [0.5, 0.6) is 0 Å². The van der Waals surface area contributed by atoms with Crippen LogP contribution >= 0.6 is 0 Å². The topological polar surface area (TPSA) is 61.9 Å². The van der Waals surface area contributed by atoms with Crippen molar-refractivity contribution in [2.24, 2.45) is 5.73 Å². The van der Waals surface area contributed by atoms with E-state index in [-0.39, 0.29) is 5.84 Å². The van der Waals surface area contributed by atoms with Crippen molar-refractivity contribution in [1.82, 2.24) is 0 Å². The van der Waals surface area contributed by atoms with Crippen LogP contribution in [-0.2, 0) is 0 Å². The second-order valence-corrected chi connectivity index (χ2v) is 3.40. The monoisotopic (exact) mass is 210 g/mol. The van der Waals surface area contributed by atoms with Gasteiger partial charge in [0.2, 0.25) is 0 Å². The first kappa shape index (κ1) is 10.2. The summed E-state index contributed by atoms with van der Waals surface area (Å²) in [6, 6.07) is 18.0. The normalized spacial score (nSPS) is 9.75. The van der Waals surface area contributed by atoms with Crippen molar-refractivity contribution in [2.75, 3.05) is 5.32 Å². The second-order valence-electron chi connectivity index (χ2n) is 3.40. The van der Waals surface area contributed by atoms with Gasteiger partial charge in [-0.2, -0.15) is 0 Å². The first-order chi connectivity index (χ1) is 7.75. The Labute approximate surface area is 94.4 Å². The van der Waals surface area contributed by atoms with Crippen molar-refractivity contribution in [2.45, 2.75) is 0 Å². The number of nitrogens with two attached hydrogens (primary N) is 1. The van der Waals surface area contributed by atoms with Crippen LogP contribution in [-0.4, -0.2) is 5.84 Å². The Balaban J connectivity index is 2.14. The highest BCUT2D eigenvalue weighted by Gasteiger charge is 1.97. The molecule has 0 aliphatic rings. The van der Waals surface area contributed by atoms with Crippen molar-refractivity contribution < 1.29 is 0 Å². The molecule has 0 aliphatic carbocycles. The standard InChI is InChI=1S/C13H12N3/c14-13(15)10-6-8-12(9-7-10)16-11-4-2-1-3-5-11/h2-9,16H,(H3,14,15). The van der Waals surface area contributed by atoms with Crippen molar-refractivity contribution in [3.63, 3.8) is 0 Å². The molecule has 2 rings (SSSR count). The zero-order chi connectivity index (χ0) is 11.4. The van der Waals surface area contributed by atoms with Crippen LogP contribution in [0, 0.1) is 11.5 Å². The number of anilines is 2. The van der Waals surface area contributed by atoms with Gasteiger partial charge in [-0.15, -0.1) is 0 Å². The van der Waals surface area contributed by atoms with Crippen LogP contribution in [0.4, 0.5) is 11.4 Å². The molecule has 0 amide bonds. The Morgan fingerprint density at radius 2 is 1.56 bits per heavy atom. The predicted molar refractivity (Wildman–Crippen MR) is 66.0 cm³/mol. The molecule has 16 heavy (non-hydrogen) atoms. The van der Waals surface area contributed by atoms with Crippen LogP contribution in [0.1, 0.15) is 5.56 Å². The van der Waals surface area contributed by atoms with Gasteiger partial charge < -0.3 is 11.1 Å². The summed E-state index contributed by atoms with van der Waals surface area (Å²) in [5.74, 6) is 0.0841. The molecule has 2 aromatic carbocycles. The smallest absolute Gasteiger partial charge is 0.122 e. The summed E-state index contributed by atoms with van der Waals surface area (Å²) in [7, 11) is 0. The summed E-state index contributed by atoms with van der Waals surface area (Å²) in [4.78, 5) is 0. The molecule has 0 spiro atoms. The highest BCUT2D eigenvalue weighted by atomic mass is 14.9. The molecule has 0 aromatic heterocycles. The molecule has 1 radical (unpaired) electrons. The van der Waals surface area contributed by atoms with E-state index in [0.717, 1.165) is 16.9 Å². The highest BCUT2D eigenvalue weighted by molar-refractivity contribution is 5.95. The zero-order valence-corrected chi connectivity index (χ0v) is 8.70. The number of hydrogen-bond donors (Lipinski definition) is 3. The quantitative estimate of drug-likeness (QED) is 0.538. The third kappa shape index (κ3) is 2.39. The van der Waals surface area contributed by atoms with E-state index in [0.29, 0.717) is 0 Å². The van der Waals surface area contributed by atoms with Crippen molar-refractivity contribution in [3.8, 4) is 0 Å². The minimum Gasteiger partial charge on any atom is -0.384 e. The molecule has 2 aromatic rings. The third-order valence-corrected chi connectivity index (χ3v) is 2.20. The maximum atomic E-state index is 7.28. The van der Waals surface area contributed by atoms with Gasteiger partial charge in [-0.3, -0.25) is 5.41 Å². The maximum Gasteiger partial charge on any atom is 0.122 e. The van der Waals surface area contributed by atoms with Gasteiger partial charge in [0.25, 0.3) is 0 Å². The van der Waals surface area contributed by atoms with Crippen molar-refractivity contribution in [1.29, 1.82) is 5.41 Å². The zero-order valence-electron chi connectivity index (χ0n) is 8.70. The summed E-state index contributed by atoms with van der Waals surface area (Å²) in [6.45, 7) is 0. The summed E-state index contributed by atoms with van der Waals surface area (Å²) >= 11 is 0. The van der Waals surface area contributed by atoms with Gasteiger partial charge >= 0.3 is 0 Å². The van der Waals surface area contributed by atoms with E-state index in [9.17, 15) is 0 Å². The van der Waals surface area contributed by atoms with E-state index in [4.69, 9.17) is 11.1 Å². The molecular weight excluding hydrogens is 198 g/mol. The SMILES string of the molecule is N=C(N)c1ccc(Nc2cc[c]cc2)cc1. The number of rotatable bonds is 3. The molecular formula is C13H12N3. The number of nitrogens with one attached hydrogen (secondary N) is 2. The molecule has 79 valence electrons. The number of nitrogen functional groups attached to an aromatic ring is 1. The van der Waals surface area contributed by atoms with Crippen LogP contribution < -0.4 is 11.1 Å². The van der Waals surface area contributed by atoms with Gasteiger partial charge in [0.15, 0.2) is 0 Å². The van der Waals surface area contributed by atoms with E-state index >= 15 is 0 Å². The fourth-order valence-corrected chi connectivity index (χ4v) is 1.37. The molecule has 0 aliphatic heterocycles. The van der Waals surface area contributed by atoms with Crippen LogP contribution in [0.2, 0.25) is 0 Å². The summed E-state index contributed by atoms with van der Waals surface area (Å²) < 4.78 is 0. The fraction of sp³-hybridized carbons (Fsp3) is 0. The molecule has 0 bridgehead atoms. The summed E-state index contributed by atoms with van der Waals surface area (Å²) in [6.07, 6.45) is 0. The average Bonchev–Trinajstić information content (AvgIpc) is 2.31. The molecule has 0 saturated heterocycles. The Morgan fingerprint density at radius 3 is 2.12 bits per heavy atom. The van der Waals surface area contributed by atoms with Gasteiger partial charge in [0.05, 0.1) is 0 Å². The fourth-order valence-electron chi connectivity index (χ4n) is 1.37. The third-order valence-electron chi connectivity index (χ3n) is 2.20. The summed E-state index contributed by atoms with van der Waals surface area (Å²) in [5.41, 5.74) is 8.08. The van der Waals surface area contributed by atoms with Crippen LogP contribution in [0.3, 0.4) is 0 Å². The van der Waals surface area contributed by atoms with Gasteiger partial charge in [-0.1, -0.05) is 12.1 Å². The van der Waals surface area contributed by atoms with Crippen molar-refractivity contribution in [3.05, 3.63) is 60.2 Å². The molecule has 3 heteroatoms. The minimum absolute atomic E-state index is 0.0841. The number of hydrogen-bond acceptors (Lipinski definition) is 2. The van der Waals surface area contributed by atoms with E-state index in [1.54, 1.807) is 0 Å². The Bertz CT molecular complexity index is 474. The highest BCUT2D eigenvalue weighted by Crippen LogP contribution is 2.16. The van der Waals surface area contributed by atoms with E-state index < -0.39 is 0 Å². The second kappa shape index (κ2) is 4.49. The lowest BCUT2D eigenvalue weighted by atomic mass is 10.2. The van der Waals surface area contributed by atoms with Gasteiger partial charge in [0, 0.05) is 16.9 Å². The lowest BCUT2D eigenvalue weighted by Crippen LogP contribution is -2.10. The first-order valence-electron chi connectivity index (χ1n) is 4.93. The molecule has 0 unspecified atom stereocenters. The lowest BCUT2D eigenvalue weighted by molar-refractivity contribution is 1.42. The van der Waals surface area contributed by atoms with Crippen LogP contribution in [0.15, 0.2) is 48.5 Å². The van der Waals surface area contributed by atoms with E-state index in [1.165, 1.54) is 0 Å². The Morgan fingerprint density at radius 1 is 1.00 bits per heavy atom. The number of amidine groups is 1. The first-order valence-corrected chi connectivity index (χ1v) is 4.93. The lowest BCUT2D eigenvalue weighted by Gasteiger charge is -2.06. The van der Waals surface area contributed by atoms with Gasteiger partial charge in [0.1, 0.15) is 5.84 Å². The Hall–Kier alpha value is -2.29. The largest absolute Gasteiger partial charge is 0.384 e. The maximum absolute atomic E-state index is 7.28. The van der Waals surface area contributed by atoms with Gasteiger partial charge in [-0.25, -0.2) is 0 Å². The molecule has 0 heterocycles. The van der Waals surface area contributed by atoms with Crippen LogP contribution in [0.25, 0.3) is 0 Å². The van der Waals surface area contributed by atoms with E-state index in [1.807, 2.05) is 48.5 Å². The van der Waals surface area contributed by atoms with Crippen molar-refractivity contribution >= 4 is 17.2 Å². The van der Waals surface area contributed by atoms with Gasteiger partial charge in [-0.05, 0) is 42.5 Å². The molecule has 0 atom stereocenters. The number of benzene rings is 2. The molecule has 0 fully saturated rings. The average molecular weight is 210 g/mol. The molecule has 3 nitrogen and oxygen atoms in total. The molecule has 0 saturated carbocycles. The Kier molecular flexibility index (Phi) is 2.87. The minimum atomic E-state index is 0.0841. The molecule has 4 N–H and O–H groups in total. The van der Waals surface area contributed by atoms with E-state index in [2.05, 4.69) is 11.4 Å².